The van der Waals surface area contributed by atoms with Crippen molar-refractivity contribution in [1.29, 1.82) is 0 Å². The number of anilines is 1. The van der Waals surface area contributed by atoms with Gasteiger partial charge in [0.05, 0.1) is 7.11 Å². The number of imidazole rings is 1. The second-order valence-electron chi connectivity index (χ2n) is 7.13. The highest BCUT2D eigenvalue weighted by atomic mass is 79.9. The predicted molar refractivity (Wildman–Crippen MR) is 130 cm³/mol. The van der Waals surface area contributed by atoms with E-state index in [1.807, 2.05) is 22.8 Å². The zero-order chi connectivity index (χ0) is 21.6. The average molecular weight is 498 g/mol. The summed E-state index contributed by atoms with van der Waals surface area (Å²) in [6.07, 6.45) is 2.94. The number of nitrogen functional groups attached to an aromatic ring is 1. The Morgan fingerprint density at radius 1 is 0.968 bits per heavy atom. The van der Waals surface area contributed by atoms with E-state index in [-0.39, 0.29) is 0 Å². The lowest BCUT2D eigenvalue weighted by molar-refractivity contribution is 0.414. The number of ether oxygens (including phenoxy) is 1. The Hall–Kier alpha value is -2.58. The Labute approximate surface area is 194 Å². The second-order valence-corrected chi connectivity index (χ2v) is 8.90. The molecule has 0 amide bonds. The minimum Gasteiger partial charge on any atom is -0.497 e. The number of methoxy groups -OCH3 is 1. The van der Waals surface area contributed by atoms with Crippen LogP contribution in [0.2, 0.25) is 0 Å². The van der Waals surface area contributed by atoms with Crippen molar-refractivity contribution in [2.24, 2.45) is 0 Å². The van der Waals surface area contributed by atoms with E-state index in [0.717, 1.165) is 43.0 Å². The van der Waals surface area contributed by atoms with Crippen LogP contribution >= 0.6 is 27.7 Å². The van der Waals surface area contributed by atoms with Crippen molar-refractivity contribution in [3.8, 4) is 5.75 Å². The Kier molecular flexibility index (Phi) is 7.09. The Bertz CT molecular complexity index is 1150. The number of rotatable bonds is 9. The van der Waals surface area contributed by atoms with Gasteiger partial charge in [-0.15, -0.1) is 0 Å². The van der Waals surface area contributed by atoms with Gasteiger partial charge in [-0.25, -0.2) is 15.0 Å². The molecule has 0 saturated carbocycles. The van der Waals surface area contributed by atoms with Crippen LogP contribution in [-0.2, 0) is 19.4 Å². The topological polar surface area (TPSA) is 78.9 Å². The average Bonchev–Trinajstić information content (AvgIpc) is 3.12. The molecule has 2 aromatic carbocycles. The number of hydrogen-bond donors (Lipinski definition) is 1. The van der Waals surface area contributed by atoms with E-state index < -0.39 is 0 Å². The number of aromatic nitrogens is 4. The van der Waals surface area contributed by atoms with E-state index in [0.29, 0.717) is 21.2 Å². The molecule has 0 aliphatic heterocycles. The molecule has 2 N–H and O–H groups in total. The maximum atomic E-state index is 6.20. The van der Waals surface area contributed by atoms with Gasteiger partial charge in [0.25, 0.3) is 0 Å². The molecule has 0 saturated heterocycles. The quantitative estimate of drug-likeness (QED) is 0.149. The number of aryl methyl sites for hydroxylation is 3. The van der Waals surface area contributed by atoms with Gasteiger partial charge in [-0.1, -0.05) is 54.2 Å². The highest BCUT2D eigenvalue weighted by molar-refractivity contribution is 9.10. The third-order valence-corrected chi connectivity index (χ3v) is 6.56. The molecular weight excluding hydrogens is 474 g/mol. The fraction of sp³-hybridized carbons (Fsp3) is 0.261. The summed E-state index contributed by atoms with van der Waals surface area (Å²) in [5, 5.41) is 0.691. The molecule has 4 rings (SSSR count). The van der Waals surface area contributed by atoms with Crippen LogP contribution in [-0.4, -0.2) is 32.4 Å². The number of halogens is 1. The van der Waals surface area contributed by atoms with Gasteiger partial charge in [0.15, 0.2) is 26.9 Å². The third kappa shape index (κ3) is 5.37. The number of benzene rings is 2. The monoisotopic (exact) mass is 497 g/mol. The van der Waals surface area contributed by atoms with Crippen molar-refractivity contribution in [2.45, 2.75) is 31.0 Å². The van der Waals surface area contributed by atoms with E-state index in [4.69, 9.17) is 15.5 Å². The fourth-order valence-electron chi connectivity index (χ4n) is 3.35. The van der Waals surface area contributed by atoms with Crippen LogP contribution in [0.3, 0.4) is 0 Å². The highest BCUT2D eigenvalue weighted by Crippen LogP contribution is 2.26. The second kappa shape index (κ2) is 10.2. The van der Waals surface area contributed by atoms with E-state index >= 15 is 0 Å². The van der Waals surface area contributed by atoms with Gasteiger partial charge in [-0.2, -0.15) is 0 Å². The summed E-state index contributed by atoms with van der Waals surface area (Å²) in [4.78, 5) is 13.8. The number of thioether (sulfide) groups is 1. The van der Waals surface area contributed by atoms with Gasteiger partial charge >= 0.3 is 0 Å². The molecule has 8 heteroatoms. The largest absolute Gasteiger partial charge is 0.497 e. The van der Waals surface area contributed by atoms with Crippen LogP contribution in [0.25, 0.3) is 11.2 Å². The first kappa shape index (κ1) is 21.6. The van der Waals surface area contributed by atoms with E-state index in [9.17, 15) is 0 Å². The van der Waals surface area contributed by atoms with Gasteiger partial charge < -0.3 is 15.0 Å². The van der Waals surface area contributed by atoms with Crippen molar-refractivity contribution in [1.82, 2.24) is 19.5 Å². The zero-order valence-electron chi connectivity index (χ0n) is 17.3. The van der Waals surface area contributed by atoms with Crippen molar-refractivity contribution in [3.63, 3.8) is 0 Å². The first-order valence-corrected chi connectivity index (χ1v) is 11.9. The summed E-state index contributed by atoms with van der Waals surface area (Å²) in [6, 6.07) is 18.6. The van der Waals surface area contributed by atoms with Crippen molar-refractivity contribution < 1.29 is 4.74 Å². The van der Waals surface area contributed by atoms with Crippen LogP contribution in [0.1, 0.15) is 17.5 Å². The predicted octanol–water partition coefficient (Wildman–Crippen LogP) is 5.15. The molecule has 0 spiro atoms. The van der Waals surface area contributed by atoms with Crippen LogP contribution in [0.15, 0.2) is 64.5 Å². The maximum absolute atomic E-state index is 6.20. The number of fused-ring (bicyclic) bond motifs is 1. The molecular formula is C23H24BrN5OS. The maximum Gasteiger partial charge on any atom is 0.191 e. The van der Waals surface area contributed by atoms with Crippen molar-refractivity contribution in [3.05, 3.63) is 70.5 Å². The van der Waals surface area contributed by atoms with Crippen LogP contribution in [0, 0.1) is 0 Å². The van der Waals surface area contributed by atoms with Crippen LogP contribution in [0.4, 0.5) is 5.82 Å². The van der Waals surface area contributed by atoms with Gasteiger partial charge in [0.2, 0.25) is 0 Å². The van der Waals surface area contributed by atoms with Crippen LogP contribution in [0.5, 0.6) is 5.75 Å². The molecule has 0 fully saturated rings. The summed E-state index contributed by atoms with van der Waals surface area (Å²) in [7, 11) is 1.67. The molecule has 160 valence electrons. The normalized spacial score (nSPS) is 11.2. The van der Waals surface area contributed by atoms with E-state index in [2.05, 4.69) is 62.3 Å². The lowest BCUT2D eigenvalue weighted by Crippen LogP contribution is -2.05. The SMILES string of the molecule is COc1ccc(CCn2c(Br)nc3c(N)nc(SCCCc4ccccc4)nc32)cc1. The molecule has 4 aromatic rings. The minimum atomic E-state index is 0.416. The number of nitrogens with two attached hydrogens (primary N) is 1. The molecule has 0 atom stereocenters. The fourth-order valence-corrected chi connectivity index (χ4v) is 4.66. The Morgan fingerprint density at radius 3 is 2.45 bits per heavy atom. The standard InChI is InChI=1S/C23H24BrN5OS/c1-30-18-11-9-17(10-12-18)13-14-29-21-19(26-22(29)24)20(25)27-23(28-21)31-15-5-8-16-6-3-2-4-7-16/h2-4,6-7,9-12H,5,8,13-15H2,1H3,(H2,25,27,28). The molecule has 0 aliphatic rings. The Balaban J connectivity index is 1.44. The van der Waals surface area contributed by atoms with Crippen molar-refractivity contribution in [2.75, 3.05) is 18.6 Å². The molecule has 2 heterocycles. The third-order valence-electron chi connectivity index (χ3n) is 5.02. The molecule has 0 radical (unpaired) electrons. The smallest absolute Gasteiger partial charge is 0.191 e. The molecule has 0 aliphatic carbocycles. The molecule has 31 heavy (non-hydrogen) atoms. The molecule has 2 aromatic heterocycles. The van der Waals surface area contributed by atoms with Gasteiger partial charge in [-0.3, -0.25) is 0 Å². The van der Waals surface area contributed by atoms with E-state index in [1.54, 1.807) is 18.9 Å². The molecule has 0 unspecified atom stereocenters. The first-order chi connectivity index (χ1) is 15.1. The lowest BCUT2D eigenvalue weighted by Gasteiger charge is -2.08. The highest BCUT2D eigenvalue weighted by Gasteiger charge is 2.15. The summed E-state index contributed by atoms with van der Waals surface area (Å²) < 4.78 is 7.99. The molecule has 6 nitrogen and oxygen atoms in total. The van der Waals surface area contributed by atoms with Gasteiger partial charge in [0.1, 0.15) is 5.75 Å². The Morgan fingerprint density at radius 2 is 1.71 bits per heavy atom. The van der Waals surface area contributed by atoms with Crippen LogP contribution < -0.4 is 10.5 Å². The summed E-state index contributed by atoms with van der Waals surface area (Å²) in [5.74, 6) is 2.20. The lowest BCUT2D eigenvalue weighted by atomic mass is 10.1. The van der Waals surface area contributed by atoms with Crippen molar-refractivity contribution >= 4 is 44.7 Å². The summed E-state index contributed by atoms with van der Waals surface area (Å²) in [5.41, 5.74) is 10.2. The van der Waals surface area contributed by atoms with Gasteiger partial charge in [-0.05, 0) is 58.5 Å². The summed E-state index contributed by atoms with van der Waals surface area (Å²) in [6.45, 7) is 0.734. The minimum absolute atomic E-state index is 0.416. The van der Waals surface area contributed by atoms with E-state index in [1.165, 1.54) is 11.1 Å². The molecule has 0 bridgehead atoms. The van der Waals surface area contributed by atoms with Gasteiger partial charge in [0, 0.05) is 12.3 Å². The number of hydrogen-bond acceptors (Lipinski definition) is 6. The summed E-state index contributed by atoms with van der Waals surface area (Å²) >= 11 is 5.19. The number of nitrogens with zero attached hydrogens (tertiary/aromatic N) is 4. The zero-order valence-corrected chi connectivity index (χ0v) is 19.7. The first-order valence-electron chi connectivity index (χ1n) is 10.1.